The van der Waals surface area contributed by atoms with Crippen molar-refractivity contribution in [3.63, 3.8) is 0 Å². The van der Waals surface area contributed by atoms with Crippen LogP contribution in [0.5, 0.6) is 5.75 Å². The van der Waals surface area contributed by atoms with Crippen molar-refractivity contribution in [3.05, 3.63) is 65.1 Å². The van der Waals surface area contributed by atoms with Gasteiger partial charge in [0.05, 0.1) is 11.8 Å². The molecule has 6 nitrogen and oxygen atoms in total. The van der Waals surface area contributed by atoms with Gasteiger partial charge >= 0.3 is 0 Å². The first kappa shape index (κ1) is 20.6. The molecule has 0 fully saturated rings. The third-order valence-corrected chi connectivity index (χ3v) is 4.41. The summed E-state index contributed by atoms with van der Waals surface area (Å²) < 4.78 is 11.5. The maximum atomic E-state index is 12.0. The predicted molar refractivity (Wildman–Crippen MR) is 111 cm³/mol. The minimum absolute atomic E-state index is 0.0649. The zero-order chi connectivity index (χ0) is 20.8. The number of carbonyl (C=O) groups excluding carboxylic acids is 2. The fourth-order valence-electron chi connectivity index (χ4n) is 2.72. The van der Waals surface area contributed by atoms with Crippen molar-refractivity contribution in [2.45, 2.75) is 33.3 Å². The molecular formula is C22H21ClN2O4. The van der Waals surface area contributed by atoms with Gasteiger partial charge in [0.25, 0.3) is 0 Å². The molecule has 2 aromatic carbocycles. The second kappa shape index (κ2) is 9.39. The van der Waals surface area contributed by atoms with Crippen molar-refractivity contribution < 1.29 is 18.7 Å². The molecule has 29 heavy (non-hydrogen) atoms. The fourth-order valence-corrected chi connectivity index (χ4v) is 2.85. The van der Waals surface area contributed by atoms with Crippen LogP contribution in [0, 0.1) is 0 Å². The zero-order valence-corrected chi connectivity index (χ0v) is 17.0. The van der Waals surface area contributed by atoms with E-state index in [1.807, 2.05) is 19.1 Å². The molecule has 0 atom stereocenters. The van der Waals surface area contributed by atoms with Gasteiger partial charge in [0.2, 0.25) is 11.8 Å². The van der Waals surface area contributed by atoms with E-state index in [0.29, 0.717) is 40.1 Å². The summed E-state index contributed by atoms with van der Waals surface area (Å²) in [7, 11) is 0. The van der Waals surface area contributed by atoms with E-state index >= 15 is 0 Å². The number of hydrogen-bond donors (Lipinski definition) is 1. The van der Waals surface area contributed by atoms with Crippen LogP contribution in [0.25, 0.3) is 11.3 Å². The molecule has 0 saturated heterocycles. The fraction of sp³-hybridized carbons (Fsp3) is 0.227. The largest absolute Gasteiger partial charge is 0.483 e. The number of nitrogens with one attached hydrogen (secondary N) is 1. The van der Waals surface area contributed by atoms with Crippen LogP contribution >= 0.6 is 11.6 Å². The number of aromatic nitrogens is 1. The molecule has 7 heteroatoms. The van der Waals surface area contributed by atoms with Gasteiger partial charge in [0, 0.05) is 22.7 Å². The molecule has 1 heterocycles. The smallest absolute Gasteiger partial charge is 0.232 e. The Hall–Kier alpha value is -3.12. The molecule has 0 radical (unpaired) electrons. The Kier molecular flexibility index (Phi) is 6.67. The van der Waals surface area contributed by atoms with Gasteiger partial charge in [0.15, 0.2) is 18.2 Å². The van der Waals surface area contributed by atoms with E-state index in [9.17, 15) is 9.59 Å². The maximum Gasteiger partial charge on any atom is 0.232 e. The summed E-state index contributed by atoms with van der Waals surface area (Å²) in [6.07, 6.45) is 2.79. The highest BCUT2D eigenvalue weighted by Gasteiger charge is 2.13. The Morgan fingerprint density at radius 1 is 1.17 bits per heavy atom. The van der Waals surface area contributed by atoms with E-state index < -0.39 is 0 Å². The maximum absolute atomic E-state index is 12.0. The standard InChI is InChI=1S/C22H21ClN2O4/c1-3-4-21(27)25-17-9-10-19(18(11-17)14(2)26)28-13-22-24-12-20(29-22)15-5-7-16(23)8-6-15/h5-12H,3-4,13H2,1-2H3,(H,25,27). The van der Waals surface area contributed by atoms with Crippen LogP contribution in [0.4, 0.5) is 5.69 Å². The van der Waals surface area contributed by atoms with E-state index in [0.717, 1.165) is 12.0 Å². The molecule has 1 amide bonds. The quantitative estimate of drug-likeness (QED) is 0.493. The third kappa shape index (κ3) is 5.45. The number of halogens is 1. The van der Waals surface area contributed by atoms with Crippen LogP contribution in [0.1, 0.15) is 42.9 Å². The topological polar surface area (TPSA) is 81.4 Å². The average Bonchev–Trinajstić information content (AvgIpc) is 3.16. The highest BCUT2D eigenvalue weighted by Crippen LogP contribution is 2.26. The van der Waals surface area contributed by atoms with Gasteiger partial charge in [-0.15, -0.1) is 0 Å². The molecule has 0 saturated carbocycles. The van der Waals surface area contributed by atoms with Crippen LogP contribution in [0.2, 0.25) is 5.02 Å². The van der Waals surface area contributed by atoms with Crippen LogP contribution in [-0.2, 0) is 11.4 Å². The first-order valence-electron chi connectivity index (χ1n) is 9.24. The molecule has 1 N–H and O–H groups in total. The Labute approximate surface area is 173 Å². The van der Waals surface area contributed by atoms with Crippen LogP contribution in [-0.4, -0.2) is 16.7 Å². The van der Waals surface area contributed by atoms with Crippen LogP contribution in [0.3, 0.4) is 0 Å². The molecule has 150 valence electrons. The minimum atomic E-state index is -0.166. The van der Waals surface area contributed by atoms with E-state index in [2.05, 4.69) is 10.3 Å². The van der Waals surface area contributed by atoms with Gasteiger partial charge in [-0.05, 0) is 55.8 Å². The Bertz CT molecular complexity index is 1010. The van der Waals surface area contributed by atoms with Gasteiger partial charge in [-0.1, -0.05) is 18.5 Å². The summed E-state index contributed by atoms with van der Waals surface area (Å²) in [4.78, 5) is 28.0. The van der Waals surface area contributed by atoms with Gasteiger partial charge in [-0.3, -0.25) is 9.59 Å². The first-order chi connectivity index (χ1) is 14.0. The van der Waals surface area contributed by atoms with E-state index in [1.165, 1.54) is 6.92 Å². The molecule has 3 rings (SSSR count). The number of benzene rings is 2. The first-order valence-corrected chi connectivity index (χ1v) is 9.62. The Morgan fingerprint density at radius 2 is 1.93 bits per heavy atom. The number of carbonyl (C=O) groups is 2. The van der Waals surface area contributed by atoms with Gasteiger partial charge in [-0.2, -0.15) is 0 Å². The zero-order valence-electron chi connectivity index (χ0n) is 16.2. The number of anilines is 1. The number of oxazole rings is 1. The summed E-state index contributed by atoms with van der Waals surface area (Å²) in [6.45, 7) is 3.44. The number of hydrogen-bond acceptors (Lipinski definition) is 5. The lowest BCUT2D eigenvalue weighted by atomic mass is 10.1. The van der Waals surface area contributed by atoms with Gasteiger partial charge in [0.1, 0.15) is 5.75 Å². The summed E-state index contributed by atoms with van der Waals surface area (Å²) in [5.74, 6) is 1.12. The Balaban J connectivity index is 1.70. The second-order valence-corrected chi connectivity index (χ2v) is 6.92. The molecule has 1 aromatic heterocycles. The third-order valence-electron chi connectivity index (χ3n) is 4.15. The molecular weight excluding hydrogens is 392 g/mol. The lowest BCUT2D eigenvalue weighted by molar-refractivity contribution is -0.116. The second-order valence-electron chi connectivity index (χ2n) is 6.48. The van der Waals surface area contributed by atoms with Crippen molar-refractivity contribution >= 4 is 29.0 Å². The van der Waals surface area contributed by atoms with Gasteiger partial charge < -0.3 is 14.5 Å². The lowest BCUT2D eigenvalue weighted by Gasteiger charge is -2.11. The molecule has 0 unspecified atom stereocenters. The SMILES string of the molecule is CCCC(=O)Nc1ccc(OCc2ncc(-c3ccc(Cl)cc3)o2)c(C(C)=O)c1. The monoisotopic (exact) mass is 412 g/mol. The van der Waals surface area contributed by atoms with Crippen molar-refractivity contribution in [1.82, 2.24) is 4.98 Å². The predicted octanol–water partition coefficient (Wildman–Crippen LogP) is 5.52. The number of nitrogens with zero attached hydrogens (tertiary/aromatic N) is 1. The number of ether oxygens (including phenoxy) is 1. The highest BCUT2D eigenvalue weighted by molar-refractivity contribution is 6.30. The molecule has 3 aromatic rings. The van der Waals surface area contributed by atoms with E-state index in [4.69, 9.17) is 20.8 Å². The summed E-state index contributed by atoms with van der Waals surface area (Å²) in [5, 5.41) is 3.42. The Morgan fingerprint density at radius 3 is 2.62 bits per heavy atom. The van der Waals surface area contributed by atoms with Crippen molar-refractivity contribution in [2.24, 2.45) is 0 Å². The summed E-state index contributed by atoms with van der Waals surface area (Å²) in [5.41, 5.74) is 1.79. The average molecular weight is 413 g/mol. The van der Waals surface area contributed by atoms with Crippen molar-refractivity contribution in [3.8, 4) is 17.1 Å². The lowest BCUT2D eigenvalue weighted by Crippen LogP contribution is -2.11. The molecule has 0 aliphatic carbocycles. The minimum Gasteiger partial charge on any atom is -0.483 e. The number of amides is 1. The molecule has 0 spiro atoms. The van der Waals surface area contributed by atoms with Crippen molar-refractivity contribution in [1.29, 1.82) is 0 Å². The summed E-state index contributed by atoms with van der Waals surface area (Å²) >= 11 is 5.90. The summed E-state index contributed by atoms with van der Waals surface area (Å²) in [6, 6.07) is 12.2. The van der Waals surface area contributed by atoms with Gasteiger partial charge in [-0.25, -0.2) is 4.98 Å². The van der Waals surface area contributed by atoms with Crippen LogP contribution < -0.4 is 10.1 Å². The number of rotatable bonds is 8. The number of ketones is 1. The highest BCUT2D eigenvalue weighted by atomic mass is 35.5. The number of Topliss-reactive ketones (excluding diaryl/α,β-unsaturated/α-hetero) is 1. The van der Waals surface area contributed by atoms with Crippen LogP contribution in [0.15, 0.2) is 53.1 Å². The molecule has 0 bridgehead atoms. The van der Waals surface area contributed by atoms with Crippen molar-refractivity contribution in [2.75, 3.05) is 5.32 Å². The van der Waals surface area contributed by atoms with E-state index in [-0.39, 0.29) is 18.3 Å². The molecule has 0 aliphatic rings. The molecule has 0 aliphatic heterocycles. The normalized spacial score (nSPS) is 10.6. The van der Waals surface area contributed by atoms with E-state index in [1.54, 1.807) is 36.5 Å².